The zero-order chi connectivity index (χ0) is 24.4. The number of aryl methyl sites for hydroxylation is 2. The summed E-state index contributed by atoms with van der Waals surface area (Å²) < 4.78 is 6.56. The molecule has 7 heteroatoms. The summed E-state index contributed by atoms with van der Waals surface area (Å²) in [5.41, 5.74) is 6.57. The van der Waals surface area contributed by atoms with Crippen LogP contribution in [-0.2, 0) is 0 Å². The van der Waals surface area contributed by atoms with Crippen molar-refractivity contribution in [2.75, 3.05) is 13.2 Å². The maximum Gasteiger partial charge on any atom is 0.148 e. The fraction of sp³-hybridized carbons (Fsp3) is 0.321. The third-order valence-electron chi connectivity index (χ3n) is 6.45. The van der Waals surface area contributed by atoms with Crippen LogP contribution in [0.1, 0.15) is 36.8 Å². The number of pyridine rings is 1. The quantitative estimate of drug-likeness (QED) is 0.299. The van der Waals surface area contributed by atoms with Crippen molar-refractivity contribution < 1.29 is 4.74 Å². The maximum atomic E-state index is 6.65. The molecule has 0 aliphatic carbocycles. The highest BCUT2D eigenvalue weighted by Gasteiger charge is 2.18. The monoisotopic (exact) mass is 506 g/mol. The van der Waals surface area contributed by atoms with Crippen molar-refractivity contribution in [2.24, 2.45) is 0 Å². The number of hydrogen-bond donors (Lipinski definition) is 1. The molecular weight excluding hydrogens is 479 g/mol. The second kappa shape index (κ2) is 10.5. The molecule has 1 N–H and O–H groups in total. The van der Waals surface area contributed by atoms with Gasteiger partial charge in [-0.1, -0.05) is 58.9 Å². The van der Waals surface area contributed by atoms with Gasteiger partial charge >= 0.3 is 0 Å². The highest BCUT2D eigenvalue weighted by atomic mass is 35.5. The van der Waals surface area contributed by atoms with Gasteiger partial charge in [-0.05, 0) is 57.4 Å². The minimum absolute atomic E-state index is 0.317. The summed E-state index contributed by atoms with van der Waals surface area (Å²) in [6.07, 6.45) is 9.72. The van der Waals surface area contributed by atoms with E-state index in [0.717, 1.165) is 46.3 Å². The number of rotatable bonds is 6. The summed E-state index contributed by atoms with van der Waals surface area (Å²) in [5, 5.41) is 5.35. The Bertz CT molecular complexity index is 1350. The third kappa shape index (κ3) is 5.43. The Balaban J connectivity index is 1.61. The molecule has 2 aromatic heterocycles. The lowest BCUT2D eigenvalue weighted by molar-refractivity contribution is 0.271. The molecule has 180 valence electrons. The fourth-order valence-electron chi connectivity index (χ4n) is 4.82. The van der Waals surface area contributed by atoms with Crippen LogP contribution in [0.4, 0.5) is 0 Å². The van der Waals surface area contributed by atoms with Crippen LogP contribution < -0.4 is 10.1 Å². The van der Waals surface area contributed by atoms with Crippen LogP contribution in [0.5, 0.6) is 5.75 Å². The Hall–Kier alpha value is -2.73. The molecule has 1 fully saturated rings. The second-order valence-corrected chi connectivity index (χ2v) is 10.0. The van der Waals surface area contributed by atoms with Crippen molar-refractivity contribution in [3.05, 3.63) is 70.2 Å². The molecule has 1 atom stereocenters. The van der Waals surface area contributed by atoms with Gasteiger partial charge in [0.25, 0.3) is 0 Å². The number of nitrogens with one attached hydrogen (secondary N) is 1. The van der Waals surface area contributed by atoms with E-state index in [0.29, 0.717) is 28.5 Å². The normalized spacial score (nSPS) is 15.9. The van der Waals surface area contributed by atoms with Crippen LogP contribution in [0.3, 0.4) is 0 Å². The molecule has 0 amide bonds. The van der Waals surface area contributed by atoms with Crippen LogP contribution in [0.2, 0.25) is 10.2 Å². The van der Waals surface area contributed by atoms with Gasteiger partial charge in [0.05, 0.1) is 35.2 Å². The van der Waals surface area contributed by atoms with E-state index >= 15 is 0 Å². The second-order valence-electron chi connectivity index (χ2n) is 9.24. The smallest absolute Gasteiger partial charge is 0.148 e. The lowest BCUT2D eigenvalue weighted by Crippen LogP contribution is -2.35. The van der Waals surface area contributed by atoms with Gasteiger partial charge in [0.1, 0.15) is 10.9 Å². The number of piperidine rings is 1. The minimum atomic E-state index is 0.317. The summed E-state index contributed by atoms with van der Waals surface area (Å²) in [4.78, 5) is 13.3. The van der Waals surface area contributed by atoms with Gasteiger partial charge in [0, 0.05) is 28.8 Å². The number of fused-ring (bicyclic) bond motifs is 1. The molecule has 1 saturated heterocycles. The number of benzene rings is 2. The molecule has 35 heavy (non-hydrogen) atoms. The molecule has 5 nitrogen and oxygen atoms in total. The third-order valence-corrected chi connectivity index (χ3v) is 6.94. The predicted molar refractivity (Wildman–Crippen MR) is 143 cm³/mol. The van der Waals surface area contributed by atoms with E-state index in [4.69, 9.17) is 32.9 Å². The Kier molecular flexibility index (Phi) is 7.19. The van der Waals surface area contributed by atoms with Crippen molar-refractivity contribution in [1.82, 2.24) is 20.3 Å². The molecule has 0 bridgehead atoms. The van der Waals surface area contributed by atoms with Crippen molar-refractivity contribution in [1.29, 1.82) is 0 Å². The molecule has 5 rings (SSSR count). The Labute approximate surface area is 215 Å². The first-order valence-corrected chi connectivity index (χ1v) is 12.8. The highest BCUT2D eigenvalue weighted by Crippen LogP contribution is 2.40. The van der Waals surface area contributed by atoms with E-state index < -0.39 is 0 Å². The topological polar surface area (TPSA) is 59.9 Å². The average molecular weight is 507 g/mol. The summed E-state index contributed by atoms with van der Waals surface area (Å²) in [6.45, 7) is 5.91. The van der Waals surface area contributed by atoms with E-state index in [9.17, 15) is 0 Å². The number of aromatic nitrogens is 3. The average Bonchev–Trinajstić information content (AvgIpc) is 2.83. The van der Waals surface area contributed by atoms with E-state index in [2.05, 4.69) is 47.3 Å². The summed E-state index contributed by atoms with van der Waals surface area (Å²) in [6, 6.07) is 10.9. The molecule has 1 aliphatic rings. The molecule has 1 aliphatic heterocycles. The minimum Gasteiger partial charge on any atom is -0.492 e. The Morgan fingerprint density at radius 1 is 0.971 bits per heavy atom. The van der Waals surface area contributed by atoms with E-state index in [1.54, 1.807) is 6.20 Å². The van der Waals surface area contributed by atoms with Gasteiger partial charge in [0.2, 0.25) is 0 Å². The maximum absolute atomic E-state index is 6.65. The Morgan fingerprint density at radius 3 is 2.54 bits per heavy atom. The lowest BCUT2D eigenvalue weighted by Gasteiger charge is -2.24. The standard InChI is InChI=1S/C28H28Cl2N4O/c1-17-9-18(2)11-19(10-17)23-14-33-25-13-24(29)21(26-15-31-16-27(30)34-26)12-22(25)28(23)35-8-6-20-5-3-4-7-32-20/h9-16,20,32H,3-8H2,1-2H3. The van der Waals surface area contributed by atoms with Gasteiger partial charge in [-0.25, -0.2) is 4.98 Å². The number of hydrogen-bond acceptors (Lipinski definition) is 5. The molecule has 0 spiro atoms. The van der Waals surface area contributed by atoms with Crippen LogP contribution in [0, 0.1) is 13.8 Å². The highest BCUT2D eigenvalue weighted by molar-refractivity contribution is 6.34. The van der Waals surface area contributed by atoms with Crippen LogP contribution in [0.25, 0.3) is 33.3 Å². The van der Waals surface area contributed by atoms with Crippen LogP contribution >= 0.6 is 23.2 Å². The lowest BCUT2D eigenvalue weighted by atomic mass is 9.98. The summed E-state index contributed by atoms with van der Waals surface area (Å²) >= 11 is 12.8. The number of nitrogens with zero attached hydrogens (tertiary/aromatic N) is 3. The molecule has 0 radical (unpaired) electrons. The zero-order valence-corrected chi connectivity index (χ0v) is 21.5. The molecule has 0 saturated carbocycles. The molecule has 2 aromatic carbocycles. The van der Waals surface area contributed by atoms with Gasteiger partial charge in [-0.15, -0.1) is 0 Å². The van der Waals surface area contributed by atoms with E-state index in [1.165, 1.54) is 36.6 Å². The van der Waals surface area contributed by atoms with Crippen molar-refractivity contribution in [2.45, 2.75) is 45.6 Å². The van der Waals surface area contributed by atoms with Gasteiger partial charge < -0.3 is 10.1 Å². The molecule has 4 aromatic rings. The first-order chi connectivity index (χ1) is 17.0. The van der Waals surface area contributed by atoms with Crippen molar-refractivity contribution in [3.8, 4) is 28.1 Å². The van der Waals surface area contributed by atoms with Crippen LogP contribution in [0.15, 0.2) is 48.9 Å². The van der Waals surface area contributed by atoms with Crippen molar-refractivity contribution >= 4 is 34.1 Å². The van der Waals surface area contributed by atoms with Crippen LogP contribution in [-0.4, -0.2) is 34.1 Å². The van der Waals surface area contributed by atoms with Gasteiger partial charge in [-0.2, -0.15) is 0 Å². The van der Waals surface area contributed by atoms with Gasteiger partial charge in [0.15, 0.2) is 0 Å². The predicted octanol–water partition coefficient (Wildman–Crippen LogP) is 7.19. The molecular formula is C28H28Cl2N4O. The van der Waals surface area contributed by atoms with Crippen molar-refractivity contribution in [3.63, 3.8) is 0 Å². The number of halogens is 2. The molecule has 1 unspecified atom stereocenters. The Morgan fingerprint density at radius 2 is 1.80 bits per heavy atom. The SMILES string of the molecule is Cc1cc(C)cc(-c2cnc3cc(Cl)c(-c4cncc(Cl)n4)cc3c2OCCC2CCCCN2)c1. The fourth-order valence-corrected chi connectivity index (χ4v) is 5.22. The summed E-state index contributed by atoms with van der Waals surface area (Å²) in [5.74, 6) is 0.809. The van der Waals surface area contributed by atoms with E-state index in [-0.39, 0.29) is 0 Å². The van der Waals surface area contributed by atoms with E-state index in [1.807, 2.05) is 18.3 Å². The first-order valence-electron chi connectivity index (χ1n) is 12.0. The zero-order valence-electron chi connectivity index (χ0n) is 19.9. The summed E-state index contributed by atoms with van der Waals surface area (Å²) in [7, 11) is 0. The van der Waals surface area contributed by atoms with Gasteiger partial charge in [-0.3, -0.25) is 9.97 Å². The first kappa shape index (κ1) is 24.0. The largest absolute Gasteiger partial charge is 0.492 e. The number of ether oxygens (including phenoxy) is 1. The molecule has 3 heterocycles.